The van der Waals surface area contributed by atoms with Crippen molar-refractivity contribution in [1.29, 1.82) is 0 Å². The van der Waals surface area contributed by atoms with Crippen LogP contribution in [0.5, 0.6) is 5.75 Å². The maximum atomic E-state index is 12.5. The van der Waals surface area contributed by atoms with Crippen LogP contribution < -0.4 is 15.0 Å². The third-order valence-electron chi connectivity index (χ3n) is 4.39. The first kappa shape index (κ1) is 17.9. The number of carbonyl (C=O) groups is 2. The van der Waals surface area contributed by atoms with Crippen molar-refractivity contribution in [2.75, 3.05) is 37.6 Å². The van der Waals surface area contributed by atoms with E-state index >= 15 is 0 Å². The van der Waals surface area contributed by atoms with Crippen LogP contribution in [0.25, 0.3) is 0 Å². The fourth-order valence-electron chi connectivity index (χ4n) is 3.03. The van der Waals surface area contributed by atoms with Crippen LogP contribution in [0.1, 0.15) is 22.3 Å². The zero-order chi connectivity index (χ0) is 18.5. The summed E-state index contributed by atoms with van der Waals surface area (Å²) < 4.78 is 10.2. The number of aryl methyl sites for hydroxylation is 1. The molecule has 2 aromatic rings. The Bertz CT molecular complexity index is 819. The predicted octanol–water partition coefficient (Wildman–Crippen LogP) is 2.87. The summed E-state index contributed by atoms with van der Waals surface area (Å²) in [4.78, 5) is 26.4. The minimum atomic E-state index is -0.202. The normalized spacial score (nSPS) is 13.3. The molecular formula is C20H22N2O4. The van der Waals surface area contributed by atoms with E-state index in [2.05, 4.69) is 5.32 Å². The molecule has 1 aliphatic rings. The molecule has 0 atom stereocenters. The molecule has 0 bridgehead atoms. The molecule has 0 fully saturated rings. The van der Waals surface area contributed by atoms with Crippen molar-refractivity contribution in [3.8, 4) is 5.75 Å². The summed E-state index contributed by atoms with van der Waals surface area (Å²) in [7, 11) is 3.18. The number of fused-ring (bicyclic) bond motifs is 1. The molecule has 0 aromatic heterocycles. The highest BCUT2D eigenvalue weighted by molar-refractivity contribution is 6.05. The van der Waals surface area contributed by atoms with Gasteiger partial charge in [-0.05, 0) is 48.4 Å². The first-order valence-electron chi connectivity index (χ1n) is 8.50. The molecule has 0 aliphatic carbocycles. The summed E-state index contributed by atoms with van der Waals surface area (Å²) in [5.74, 6) is 0.532. The first-order valence-corrected chi connectivity index (χ1v) is 8.50. The Balaban J connectivity index is 1.78. The zero-order valence-electron chi connectivity index (χ0n) is 15.0. The van der Waals surface area contributed by atoms with E-state index in [1.165, 1.54) is 0 Å². The molecule has 6 heteroatoms. The largest absolute Gasteiger partial charge is 0.497 e. The quantitative estimate of drug-likeness (QED) is 0.866. The van der Waals surface area contributed by atoms with E-state index < -0.39 is 0 Å². The number of hydrogen-bond donors (Lipinski definition) is 1. The lowest BCUT2D eigenvalue weighted by molar-refractivity contribution is -0.119. The smallest absolute Gasteiger partial charge is 0.255 e. The number of amides is 2. The fraction of sp³-hybridized carbons (Fsp3) is 0.300. The lowest BCUT2D eigenvalue weighted by Crippen LogP contribution is -2.37. The molecule has 0 radical (unpaired) electrons. The second-order valence-electron chi connectivity index (χ2n) is 6.07. The number of benzene rings is 2. The monoisotopic (exact) mass is 354 g/mol. The Labute approximate surface area is 152 Å². The Hall–Kier alpha value is -2.86. The Morgan fingerprint density at radius 1 is 1.15 bits per heavy atom. The Morgan fingerprint density at radius 2 is 2.00 bits per heavy atom. The zero-order valence-corrected chi connectivity index (χ0v) is 15.0. The lowest BCUT2D eigenvalue weighted by Gasteiger charge is -2.29. The number of carbonyl (C=O) groups excluding carboxylic acids is 2. The van der Waals surface area contributed by atoms with Gasteiger partial charge in [-0.1, -0.05) is 6.07 Å². The van der Waals surface area contributed by atoms with Crippen molar-refractivity contribution in [3.63, 3.8) is 0 Å². The highest BCUT2D eigenvalue weighted by atomic mass is 16.5. The van der Waals surface area contributed by atoms with Gasteiger partial charge >= 0.3 is 0 Å². The maximum absolute atomic E-state index is 12.5. The van der Waals surface area contributed by atoms with E-state index in [-0.39, 0.29) is 11.8 Å². The van der Waals surface area contributed by atoms with Crippen LogP contribution in [0.2, 0.25) is 0 Å². The molecule has 6 nitrogen and oxygen atoms in total. The van der Waals surface area contributed by atoms with Gasteiger partial charge in [0.25, 0.3) is 5.91 Å². The molecule has 0 unspecified atom stereocenters. The number of ether oxygens (including phenoxy) is 2. The minimum Gasteiger partial charge on any atom is -0.497 e. The van der Waals surface area contributed by atoms with Crippen LogP contribution in [-0.4, -0.2) is 39.2 Å². The molecule has 0 spiro atoms. The summed E-state index contributed by atoms with van der Waals surface area (Å²) >= 11 is 0. The molecular weight excluding hydrogens is 332 g/mol. The van der Waals surface area contributed by atoms with Gasteiger partial charge in [0, 0.05) is 37.0 Å². The number of nitrogens with one attached hydrogen (secondary N) is 1. The fourth-order valence-corrected chi connectivity index (χ4v) is 3.03. The number of rotatable bonds is 6. The summed E-state index contributed by atoms with van der Waals surface area (Å²) in [6.07, 6.45) is 1.13. The third-order valence-corrected chi connectivity index (χ3v) is 4.39. The SMILES string of the molecule is COCCN1C(=O)CCc2cc(NC(=O)c3cccc(OC)c3)ccc21. The Kier molecular flexibility index (Phi) is 5.53. The second-order valence-corrected chi connectivity index (χ2v) is 6.07. The van der Waals surface area contributed by atoms with Crippen molar-refractivity contribution in [2.45, 2.75) is 12.8 Å². The maximum Gasteiger partial charge on any atom is 0.255 e. The van der Waals surface area contributed by atoms with E-state index in [0.717, 1.165) is 11.3 Å². The van der Waals surface area contributed by atoms with Gasteiger partial charge in [0.05, 0.1) is 13.7 Å². The Morgan fingerprint density at radius 3 is 2.77 bits per heavy atom. The molecule has 2 amide bonds. The highest BCUT2D eigenvalue weighted by Gasteiger charge is 2.24. The molecule has 3 rings (SSSR count). The van der Waals surface area contributed by atoms with Gasteiger partial charge in [-0.15, -0.1) is 0 Å². The van der Waals surface area contributed by atoms with Crippen LogP contribution in [0.3, 0.4) is 0 Å². The van der Waals surface area contributed by atoms with Crippen molar-refractivity contribution in [1.82, 2.24) is 0 Å². The van der Waals surface area contributed by atoms with Crippen LogP contribution in [0, 0.1) is 0 Å². The molecule has 0 saturated heterocycles. The third kappa shape index (κ3) is 3.86. The highest BCUT2D eigenvalue weighted by Crippen LogP contribution is 2.30. The van der Waals surface area contributed by atoms with Crippen molar-refractivity contribution in [2.24, 2.45) is 0 Å². The molecule has 1 heterocycles. The summed E-state index contributed by atoms with van der Waals surface area (Å²) in [5.41, 5.74) is 3.17. The summed E-state index contributed by atoms with van der Waals surface area (Å²) in [5, 5.41) is 2.91. The molecule has 2 aromatic carbocycles. The van der Waals surface area contributed by atoms with Crippen molar-refractivity contribution in [3.05, 3.63) is 53.6 Å². The number of hydrogen-bond acceptors (Lipinski definition) is 4. The summed E-state index contributed by atoms with van der Waals surface area (Å²) in [6.45, 7) is 1.01. The average molecular weight is 354 g/mol. The van der Waals surface area contributed by atoms with Gasteiger partial charge in [0.1, 0.15) is 5.75 Å². The molecule has 1 aliphatic heterocycles. The molecule has 1 N–H and O–H groups in total. The van der Waals surface area contributed by atoms with E-state index in [9.17, 15) is 9.59 Å². The molecule has 136 valence electrons. The summed E-state index contributed by atoms with van der Waals surface area (Å²) in [6, 6.07) is 12.6. The molecule has 0 saturated carbocycles. The van der Waals surface area contributed by atoms with E-state index in [4.69, 9.17) is 9.47 Å². The van der Waals surface area contributed by atoms with Gasteiger partial charge in [0.2, 0.25) is 5.91 Å². The number of nitrogens with zero attached hydrogens (tertiary/aromatic N) is 1. The van der Waals surface area contributed by atoms with E-state index in [1.807, 2.05) is 18.2 Å². The van der Waals surface area contributed by atoms with Crippen molar-refractivity contribution >= 4 is 23.2 Å². The average Bonchev–Trinajstić information content (AvgIpc) is 2.67. The standard InChI is InChI=1S/C20H22N2O4/c1-25-11-10-22-18-8-7-16(12-14(18)6-9-19(22)23)21-20(24)15-4-3-5-17(13-15)26-2/h3-5,7-8,12-13H,6,9-11H2,1-2H3,(H,21,24). The van der Waals surface area contributed by atoms with Gasteiger partial charge in [-0.25, -0.2) is 0 Å². The molecule has 26 heavy (non-hydrogen) atoms. The minimum absolute atomic E-state index is 0.0997. The van der Waals surface area contributed by atoms with Crippen LogP contribution >= 0.6 is 0 Å². The lowest BCUT2D eigenvalue weighted by atomic mass is 10.0. The van der Waals surface area contributed by atoms with Crippen LogP contribution in [0.4, 0.5) is 11.4 Å². The van der Waals surface area contributed by atoms with E-state index in [0.29, 0.717) is 43.0 Å². The van der Waals surface area contributed by atoms with Gasteiger partial charge in [0.15, 0.2) is 0 Å². The topological polar surface area (TPSA) is 67.9 Å². The predicted molar refractivity (Wildman–Crippen MR) is 99.9 cm³/mol. The van der Waals surface area contributed by atoms with Gasteiger partial charge < -0.3 is 19.7 Å². The van der Waals surface area contributed by atoms with E-state index in [1.54, 1.807) is 43.4 Å². The number of methoxy groups -OCH3 is 2. The van der Waals surface area contributed by atoms with Gasteiger partial charge in [-0.2, -0.15) is 0 Å². The van der Waals surface area contributed by atoms with Crippen LogP contribution in [0.15, 0.2) is 42.5 Å². The van der Waals surface area contributed by atoms with Crippen LogP contribution in [-0.2, 0) is 16.0 Å². The van der Waals surface area contributed by atoms with Crippen molar-refractivity contribution < 1.29 is 19.1 Å². The first-order chi connectivity index (χ1) is 12.6. The van der Waals surface area contributed by atoms with Gasteiger partial charge in [-0.3, -0.25) is 9.59 Å². The second kappa shape index (κ2) is 8.01. The number of anilines is 2.